The molecule has 4 heteroatoms. The van der Waals surface area contributed by atoms with Gasteiger partial charge in [-0.2, -0.15) is 10.2 Å². The Morgan fingerprint density at radius 1 is 1.50 bits per heavy atom. The van der Waals surface area contributed by atoms with Gasteiger partial charge in [0.2, 0.25) is 0 Å². The minimum Gasteiger partial charge on any atom is -0.194 e. The van der Waals surface area contributed by atoms with Crippen molar-refractivity contribution in [2.45, 2.75) is 18.9 Å². The van der Waals surface area contributed by atoms with Crippen molar-refractivity contribution in [2.75, 3.05) is 6.54 Å². The first-order valence-corrected chi connectivity index (χ1v) is 5.59. The van der Waals surface area contributed by atoms with E-state index in [2.05, 4.69) is 38.3 Å². The molecule has 0 aromatic carbocycles. The van der Waals surface area contributed by atoms with E-state index in [-0.39, 0.29) is 0 Å². The third kappa shape index (κ3) is 1.75. The maximum Gasteiger partial charge on any atom is 0.105 e. The van der Waals surface area contributed by atoms with Gasteiger partial charge in [0.25, 0.3) is 0 Å². The minimum atomic E-state index is 0.329. The zero-order chi connectivity index (χ0) is 8.39. The largest absolute Gasteiger partial charge is 0.194 e. The summed E-state index contributed by atoms with van der Waals surface area (Å²) in [7, 11) is 0. The molecule has 0 spiro atoms. The van der Waals surface area contributed by atoms with Gasteiger partial charge in [0.05, 0.1) is 10.3 Å². The molecule has 1 atom stereocenters. The fourth-order valence-corrected chi connectivity index (χ4v) is 2.77. The summed E-state index contributed by atoms with van der Waals surface area (Å²) in [6.07, 6.45) is 2.32. The number of hydrogen-bond donors (Lipinski definition) is 0. The summed E-state index contributed by atoms with van der Waals surface area (Å²) in [4.78, 5) is 1.32. The van der Waals surface area contributed by atoms with Gasteiger partial charge < -0.3 is 0 Å². The molecule has 1 unspecified atom stereocenters. The topological polar surface area (TPSA) is 24.7 Å². The van der Waals surface area contributed by atoms with Gasteiger partial charge in [-0.15, -0.1) is 11.3 Å². The molecule has 1 aliphatic heterocycles. The number of halogens is 1. The van der Waals surface area contributed by atoms with Crippen molar-refractivity contribution in [2.24, 2.45) is 10.2 Å². The Morgan fingerprint density at radius 3 is 3.00 bits per heavy atom. The Labute approximate surface area is 83.8 Å². The van der Waals surface area contributed by atoms with E-state index < -0.39 is 0 Å². The molecule has 0 radical (unpaired) electrons. The van der Waals surface area contributed by atoms with Crippen LogP contribution in [0.25, 0.3) is 0 Å². The van der Waals surface area contributed by atoms with E-state index >= 15 is 0 Å². The normalized spacial score (nSPS) is 22.9. The van der Waals surface area contributed by atoms with Crippen LogP contribution in [-0.2, 0) is 0 Å². The van der Waals surface area contributed by atoms with Crippen LogP contribution in [0.1, 0.15) is 23.8 Å². The first-order valence-electron chi connectivity index (χ1n) is 3.98. The molecule has 2 nitrogen and oxygen atoms in total. The van der Waals surface area contributed by atoms with Gasteiger partial charge in [-0.1, -0.05) is 0 Å². The first kappa shape index (κ1) is 8.38. The number of nitrogens with zero attached hydrogens (tertiary/aromatic N) is 2. The fourth-order valence-electron chi connectivity index (χ4n) is 1.28. The molecule has 1 aromatic rings. The fraction of sp³-hybridized carbons (Fsp3) is 0.500. The molecule has 0 N–H and O–H groups in total. The van der Waals surface area contributed by atoms with Crippen LogP contribution >= 0.6 is 27.3 Å². The molecule has 1 aromatic heterocycles. The number of azo groups is 1. The lowest BCUT2D eigenvalue weighted by molar-refractivity contribution is 0.537. The Morgan fingerprint density at radius 2 is 2.42 bits per heavy atom. The summed E-state index contributed by atoms with van der Waals surface area (Å²) in [6, 6.07) is 4.53. The van der Waals surface area contributed by atoms with Crippen molar-refractivity contribution < 1.29 is 0 Å². The van der Waals surface area contributed by atoms with Crippen LogP contribution in [0.2, 0.25) is 0 Å². The van der Waals surface area contributed by atoms with Crippen LogP contribution in [0.3, 0.4) is 0 Å². The van der Waals surface area contributed by atoms with Crippen molar-refractivity contribution >= 4 is 27.3 Å². The van der Waals surface area contributed by atoms with Gasteiger partial charge in [0, 0.05) is 4.88 Å². The van der Waals surface area contributed by atoms with Crippen molar-refractivity contribution in [1.82, 2.24) is 0 Å². The maximum atomic E-state index is 4.23. The van der Waals surface area contributed by atoms with E-state index in [1.54, 1.807) is 11.3 Å². The second-order valence-corrected chi connectivity index (χ2v) is 5.27. The predicted molar refractivity (Wildman–Crippen MR) is 53.7 cm³/mol. The van der Waals surface area contributed by atoms with E-state index in [1.807, 2.05) is 0 Å². The average molecular weight is 245 g/mol. The lowest BCUT2D eigenvalue weighted by atomic mass is 10.1. The molecular formula is C8H9BrN2S. The summed E-state index contributed by atoms with van der Waals surface area (Å²) in [5, 5.41) is 8.29. The van der Waals surface area contributed by atoms with Crippen LogP contribution in [0.15, 0.2) is 26.1 Å². The Hall–Kier alpha value is -0.220. The number of rotatable bonds is 1. The third-order valence-electron chi connectivity index (χ3n) is 1.88. The summed E-state index contributed by atoms with van der Waals surface area (Å²) >= 11 is 5.20. The van der Waals surface area contributed by atoms with Gasteiger partial charge >= 0.3 is 0 Å². The molecule has 0 saturated carbocycles. The SMILES string of the molecule is Brc1ccc(C2CCCN=N2)s1. The van der Waals surface area contributed by atoms with Crippen molar-refractivity contribution in [3.63, 3.8) is 0 Å². The van der Waals surface area contributed by atoms with Gasteiger partial charge in [-0.05, 0) is 40.9 Å². The van der Waals surface area contributed by atoms with E-state index in [0.29, 0.717) is 6.04 Å². The van der Waals surface area contributed by atoms with Gasteiger partial charge in [-0.25, -0.2) is 0 Å². The van der Waals surface area contributed by atoms with Gasteiger partial charge in [0.1, 0.15) is 6.04 Å². The molecule has 0 fully saturated rings. The average Bonchev–Trinajstić information content (AvgIpc) is 2.54. The lowest BCUT2D eigenvalue weighted by Crippen LogP contribution is -1.98. The van der Waals surface area contributed by atoms with E-state index in [0.717, 1.165) is 13.0 Å². The van der Waals surface area contributed by atoms with Gasteiger partial charge in [0.15, 0.2) is 0 Å². The summed E-state index contributed by atoms with van der Waals surface area (Å²) in [5.41, 5.74) is 0. The monoisotopic (exact) mass is 244 g/mol. The molecule has 0 saturated heterocycles. The van der Waals surface area contributed by atoms with E-state index in [9.17, 15) is 0 Å². The quantitative estimate of drug-likeness (QED) is 0.719. The molecule has 0 aliphatic carbocycles. The number of hydrogen-bond acceptors (Lipinski definition) is 3. The van der Waals surface area contributed by atoms with Gasteiger partial charge in [-0.3, -0.25) is 0 Å². The zero-order valence-electron chi connectivity index (χ0n) is 6.53. The minimum absolute atomic E-state index is 0.329. The van der Waals surface area contributed by atoms with Crippen molar-refractivity contribution in [1.29, 1.82) is 0 Å². The van der Waals surface area contributed by atoms with E-state index in [4.69, 9.17) is 0 Å². The summed E-state index contributed by atoms with van der Waals surface area (Å²) in [5.74, 6) is 0. The second kappa shape index (κ2) is 3.66. The van der Waals surface area contributed by atoms with Crippen LogP contribution in [0.5, 0.6) is 0 Å². The van der Waals surface area contributed by atoms with Crippen LogP contribution < -0.4 is 0 Å². The molecule has 2 rings (SSSR count). The smallest absolute Gasteiger partial charge is 0.105 e. The molecule has 12 heavy (non-hydrogen) atoms. The summed E-state index contributed by atoms with van der Waals surface area (Å²) in [6.45, 7) is 0.906. The van der Waals surface area contributed by atoms with Crippen LogP contribution in [-0.4, -0.2) is 6.54 Å². The maximum absolute atomic E-state index is 4.23. The number of thiophene rings is 1. The lowest BCUT2D eigenvalue weighted by Gasteiger charge is -2.11. The Bertz CT molecular complexity index is 295. The third-order valence-corrected chi connectivity index (χ3v) is 3.60. The highest BCUT2D eigenvalue weighted by Crippen LogP contribution is 2.33. The second-order valence-electron chi connectivity index (χ2n) is 2.78. The highest BCUT2D eigenvalue weighted by atomic mass is 79.9. The summed E-state index contributed by atoms with van der Waals surface area (Å²) < 4.78 is 1.18. The molecule has 2 heterocycles. The molecule has 1 aliphatic rings. The standard InChI is InChI=1S/C8H9BrN2S/c9-8-4-3-7(12-8)6-2-1-5-10-11-6/h3-4,6H,1-2,5H2. The molecule has 0 amide bonds. The van der Waals surface area contributed by atoms with Crippen molar-refractivity contribution in [3.05, 3.63) is 20.8 Å². The Kier molecular flexibility index (Phi) is 2.56. The van der Waals surface area contributed by atoms with E-state index in [1.165, 1.54) is 15.1 Å². The Balaban J connectivity index is 2.18. The first-order chi connectivity index (χ1) is 5.86. The molecular weight excluding hydrogens is 236 g/mol. The zero-order valence-corrected chi connectivity index (χ0v) is 8.94. The molecule has 0 bridgehead atoms. The highest BCUT2D eigenvalue weighted by Gasteiger charge is 2.14. The highest BCUT2D eigenvalue weighted by molar-refractivity contribution is 9.11. The van der Waals surface area contributed by atoms with Crippen LogP contribution in [0.4, 0.5) is 0 Å². The molecule has 64 valence electrons. The predicted octanol–water partition coefficient (Wildman–Crippen LogP) is 3.80. The van der Waals surface area contributed by atoms with Crippen molar-refractivity contribution in [3.8, 4) is 0 Å². The van der Waals surface area contributed by atoms with Crippen LogP contribution in [0, 0.1) is 0 Å².